The number of carbonyl (C=O) groups is 3. The summed E-state index contributed by atoms with van der Waals surface area (Å²) in [7, 11) is 1.57. The van der Waals surface area contributed by atoms with Crippen LogP contribution in [0.5, 0.6) is 0 Å². The lowest BCUT2D eigenvalue weighted by Crippen LogP contribution is -2.61. The van der Waals surface area contributed by atoms with Crippen LogP contribution in [0.25, 0.3) is 0 Å². The highest BCUT2D eigenvalue weighted by molar-refractivity contribution is 5.95. The first-order chi connectivity index (χ1) is 13.9. The van der Waals surface area contributed by atoms with E-state index in [0.29, 0.717) is 17.8 Å². The van der Waals surface area contributed by atoms with Crippen molar-refractivity contribution in [3.05, 3.63) is 29.8 Å². The number of nitrogens with one attached hydrogen (secondary N) is 4. The number of benzene rings is 1. The van der Waals surface area contributed by atoms with E-state index in [-0.39, 0.29) is 29.8 Å². The molecular formula is C22H30N4O3. The van der Waals surface area contributed by atoms with Crippen LogP contribution in [0.15, 0.2) is 24.3 Å². The third kappa shape index (κ3) is 4.54. The molecule has 4 bridgehead atoms. The van der Waals surface area contributed by atoms with E-state index in [1.165, 1.54) is 19.3 Å². The van der Waals surface area contributed by atoms with Crippen molar-refractivity contribution >= 4 is 23.5 Å². The Morgan fingerprint density at radius 3 is 2.10 bits per heavy atom. The Kier molecular flexibility index (Phi) is 5.48. The number of carbonyl (C=O) groups excluding carboxylic acids is 3. The van der Waals surface area contributed by atoms with Gasteiger partial charge in [-0.2, -0.15) is 0 Å². The summed E-state index contributed by atoms with van der Waals surface area (Å²) < 4.78 is 0. The lowest BCUT2D eigenvalue weighted by molar-refractivity contribution is -0.116. The van der Waals surface area contributed by atoms with Gasteiger partial charge in [-0.15, -0.1) is 0 Å². The van der Waals surface area contributed by atoms with Crippen LogP contribution in [0.2, 0.25) is 0 Å². The van der Waals surface area contributed by atoms with Crippen molar-refractivity contribution in [3.63, 3.8) is 0 Å². The minimum Gasteiger partial charge on any atom is -0.355 e. The fourth-order valence-electron chi connectivity index (χ4n) is 5.91. The Labute approximate surface area is 171 Å². The fraction of sp³-hybridized carbons (Fsp3) is 0.591. The Bertz CT molecular complexity index is 754. The molecule has 29 heavy (non-hydrogen) atoms. The van der Waals surface area contributed by atoms with E-state index in [9.17, 15) is 14.4 Å². The summed E-state index contributed by atoms with van der Waals surface area (Å²) in [6.45, 7) is 0.292. The molecular weight excluding hydrogens is 368 g/mol. The molecule has 0 aromatic heterocycles. The minimum absolute atomic E-state index is 0.0202. The highest BCUT2D eigenvalue weighted by Gasteiger charge is 2.51. The van der Waals surface area contributed by atoms with Crippen LogP contribution in [0.3, 0.4) is 0 Å². The summed E-state index contributed by atoms with van der Waals surface area (Å²) in [4.78, 5) is 36.1. The van der Waals surface area contributed by atoms with Gasteiger partial charge < -0.3 is 21.3 Å². The Balaban J connectivity index is 1.19. The standard InChI is InChI=1S/C22H30N4O3/c1-23-20(28)17-2-4-18(5-3-17)25-19(27)6-7-24-21(29)26-22-11-14-8-15(12-22)10-16(9-14)13-22/h2-5,14-16H,6-13H2,1H3,(H,23,28)(H,25,27)(H2,24,26,29). The summed E-state index contributed by atoms with van der Waals surface area (Å²) in [5, 5.41) is 11.4. The van der Waals surface area contributed by atoms with Crippen LogP contribution in [0, 0.1) is 17.8 Å². The maximum Gasteiger partial charge on any atom is 0.315 e. The minimum atomic E-state index is -0.173. The van der Waals surface area contributed by atoms with Crippen LogP contribution < -0.4 is 21.3 Å². The van der Waals surface area contributed by atoms with Crippen molar-refractivity contribution < 1.29 is 14.4 Å². The molecule has 4 aliphatic rings. The SMILES string of the molecule is CNC(=O)c1ccc(NC(=O)CCNC(=O)NC23CC4CC(CC(C4)C2)C3)cc1. The number of urea groups is 1. The topological polar surface area (TPSA) is 99.3 Å². The van der Waals surface area contributed by atoms with Crippen molar-refractivity contribution in [3.8, 4) is 0 Å². The van der Waals surface area contributed by atoms with Gasteiger partial charge in [-0.1, -0.05) is 0 Å². The van der Waals surface area contributed by atoms with Gasteiger partial charge in [-0.05, 0) is 80.5 Å². The average Bonchev–Trinajstić information content (AvgIpc) is 2.66. The number of rotatable bonds is 6. The van der Waals surface area contributed by atoms with E-state index in [0.717, 1.165) is 37.0 Å². The average molecular weight is 399 g/mol. The highest BCUT2D eigenvalue weighted by atomic mass is 16.2. The van der Waals surface area contributed by atoms with E-state index in [2.05, 4.69) is 21.3 Å². The molecule has 7 nitrogen and oxygen atoms in total. The summed E-state index contributed by atoms with van der Waals surface area (Å²) in [6, 6.07) is 6.54. The number of hydrogen-bond acceptors (Lipinski definition) is 3. The van der Waals surface area contributed by atoms with Crippen molar-refractivity contribution in [1.29, 1.82) is 0 Å². The Morgan fingerprint density at radius 1 is 0.966 bits per heavy atom. The lowest BCUT2D eigenvalue weighted by atomic mass is 9.53. The highest BCUT2D eigenvalue weighted by Crippen LogP contribution is 2.55. The van der Waals surface area contributed by atoms with Gasteiger partial charge >= 0.3 is 6.03 Å². The first-order valence-corrected chi connectivity index (χ1v) is 10.6. The van der Waals surface area contributed by atoms with Crippen LogP contribution in [-0.4, -0.2) is 37.0 Å². The molecule has 5 rings (SSSR count). The van der Waals surface area contributed by atoms with Gasteiger partial charge in [-0.25, -0.2) is 4.79 Å². The van der Waals surface area contributed by atoms with Gasteiger partial charge in [0.05, 0.1) is 0 Å². The molecule has 4 aliphatic carbocycles. The normalized spacial score (nSPS) is 29.2. The van der Waals surface area contributed by atoms with Crippen molar-refractivity contribution in [2.45, 2.75) is 50.5 Å². The molecule has 4 N–H and O–H groups in total. The van der Waals surface area contributed by atoms with Gasteiger partial charge in [-0.3, -0.25) is 9.59 Å². The maximum absolute atomic E-state index is 12.4. The van der Waals surface area contributed by atoms with E-state index in [1.807, 2.05) is 0 Å². The van der Waals surface area contributed by atoms with Gasteiger partial charge in [0.2, 0.25) is 5.91 Å². The zero-order valence-electron chi connectivity index (χ0n) is 16.9. The Hall–Kier alpha value is -2.57. The second-order valence-corrected chi connectivity index (χ2v) is 9.03. The number of anilines is 1. The Morgan fingerprint density at radius 2 is 1.55 bits per heavy atom. The van der Waals surface area contributed by atoms with Crippen molar-refractivity contribution in [1.82, 2.24) is 16.0 Å². The molecule has 4 fully saturated rings. The molecule has 0 spiro atoms. The molecule has 0 aliphatic heterocycles. The van der Waals surface area contributed by atoms with Gasteiger partial charge in [0.1, 0.15) is 0 Å². The number of hydrogen-bond donors (Lipinski definition) is 4. The van der Waals surface area contributed by atoms with Crippen molar-refractivity contribution in [2.75, 3.05) is 18.9 Å². The smallest absolute Gasteiger partial charge is 0.315 e. The molecule has 1 aromatic rings. The molecule has 0 atom stereocenters. The lowest BCUT2D eigenvalue weighted by Gasteiger charge is -2.56. The molecule has 0 heterocycles. The summed E-state index contributed by atoms with van der Waals surface area (Å²) >= 11 is 0. The third-order valence-electron chi connectivity index (χ3n) is 6.71. The molecule has 1 aromatic carbocycles. The predicted octanol–water partition coefficient (Wildman–Crippen LogP) is 2.64. The first-order valence-electron chi connectivity index (χ1n) is 10.6. The molecule has 4 amide bonds. The van der Waals surface area contributed by atoms with E-state index >= 15 is 0 Å². The quantitative estimate of drug-likeness (QED) is 0.593. The second-order valence-electron chi connectivity index (χ2n) is 9.03. The monoisotopic (exact) mass is 398 g/mol. The molecule has 4 saturated carbocycles. The summed E-state index contributed by atoms with van der Waals surface area (Å²) in [5.74, 6) is 2.00. The zero-order valence-corrected chi connectivity index (χ0v) is 16.9. The molecule has 7 heteroatoms. The van der Waals surface area contributed by atoms with Gasteiger partial charge in [0, 0.05) is 36.8 Å². The van der Waals surface area contributed by atoms with E-state index in [1.54, 1.807) is 31.3 Å². The molecule has 0 unspecified atom stereocenters. The van der Waals surface area contributed by atoms with Crippen LogP contribution in [-0.2, 0) is 4.79 Å². The summed E-state index contributed by atoms with van der Waals surface area (Å²) in [6.07, 6.45) is 7.55. The van der Waals surface area contributed by atoms with E-state index in [4.69, 9.17) is 0 Å². The van der Waals surface area contributed by atoms with Crippen LogP contribution in [0.1, 0.15) is 55.3 Å². The summed E-state index contributed by atoms with van der Waals surface area (Å²) in [5.41, 5.74) is 1.14. The van der Waals surface area contributed by atoms with Gasteiger partial charge in [0.15, 0.2) is 0 Å². The third-order valence-corrected chi connectivity index (χ3v) is 6.71. The molecule has 0 radical (unpaired) electrons. The number of amides is 4. The van der Waals surface area contributed by atoms with E-state index < -0.39 is 0 Å². The van der Waals surface area contributed by atoms with Crippen LogP contribution in [0.4, 0.5) is 10.5 Å². The fourth-order valence-corrected chi connectivity index (χ4v) is 5.91. The maximum atomic E-state index is 12.4. The van der Waals surface area contributed by atoms with Gasteiger partial charge in [0.25, 0.3) is 5.91 Å². The van der Waals surface area contributed by atoms with Crippen molar-refractivity contribution in [2.24, 2.45) is 17.8 Å². The first kappa shape index (κ1) is 19.7. The largest absolute Gasteiger partial charge is 0.355 e. The zero-order chi connectivity index (χ0) is 20.4. The second kappa shape index (κ2) is 8.05. The van der Waals surface area contributed by atoms with Crippen LogP contribution >= 0.6 is 0 Å². The molecule has 0 saturated heterocycles. The molecule has 156 valence electrons. The predicted molar refractivity (Wildman–Crippen MR) is 111 cm³/mol.